The van der Waals surface area contributed by atoms with Crippen LogP contribution < -0.4 is 4.90 Å². The fraction of sp³-hybridized carbons (Fsp3) is 0.167. The summed E-state index contributed by atoms with van der Waals surface area (Å²) in [5.74, 6) is 0.980. The van der Waals surface area contributed by atoms with Crippen molar-refractivity contribution in [2.75, 3.05) is 11.4 Å². The van der Waals surface area contributed by atoms with Gasteiger partial charge in [0, 0.05) is 33.4 Å². The van der Waals surface area contributed by atoms with Gasteiger partial charge in [0.15, 0.2) is 0 Å². The summed E-state index contributed by atoms with van der Waals surface area (Å²) in [6, 6.07) is 21.4. The third-order valence-electron chi connectivity index (χ3n) is 5.66. The maximum absolute atomic E-state index is 12.9. The van der Waals surface area contributed by atoms with Gasteiger partial charge in [0.25, 0.3) is 0 Å². The lowest BCUT2D eigenvalue weighted by molar-refractivity contribution is -0.117. The lowest BCUT2D eigenvalue weighted by atomic mass is 10.1. The lowest BCUT2D eigenvalue weighted by Gasteiger charge is -2.19. The maximum Gasteiger partial charge on any atom is 0.227 e. The molecule has 0 N–H and O–H groups in total. The molecule has 0 radical (unpaired) electrons. The zero-order valence-electron chi connectivity index (χ0n) is 16.4. The van der Waals surface area contributed by atoms with Crippen molar-refractivity contribution in [3.8, 4) is 0 Å². The summed E-state index contributed by atoms with van der Waals surface area (Å²) in [6.07, 6.45) is 0.416. The van der Waals surface area contributed by atoms with Crippen LogP contribution in [0.15, 0.2) is 71.2 Å². The van der Waals surface area contributed by atoms with Crippen molar-refractivity contribution in [1.82, 2.24) is 9.55 Å². The lowest BCUT2D eigenvalue weighted by Crippen LogP contribution is -2.25. The van der Waals surface area contributed by atoms with E-state index in [9.17, 15) is 4.79 Å². The van der Waals surface area contributed by atoms with Crippen molar-refractivity contribution in [3.05, 3.63) is 92.6 Å². The summed E-state index contributed by atoms with van der Waals surface area (Å²) < 4.78 is 3.08. The summed E-state index contributed by atoms with van der Waals surface area (Å²) in [6.45, 7) is 1.14. The number of amides is 1. The minimum Gasteiger partial charge on any atom is -0.323 e. The number of hydrogen-bond acceptors (Lipinski definition) is 2. The average Bonchev–Trinajstić information content (AvgIpc) is 3.31. The highest BCUT2D eigenvalue weighted by Crippen LogP contribution is 2.36. The predicted octanol–water partition coefficient (Wildman–Crippen LogP) is 6.67. The Labute approximate surface area is 198 Å². The van der Waals surface area contributed by atoms with Crippen LogP contribution in [0.3, 0.4) is 0 Å². The first-order valence-electron chi connectivity index (χ1n) is 9.95. The number of anilines is 1. The largest absolute Gasteiger partial charge is 0.323 e. The van der Waals surface area contributed by atoms with Crippen LogP contribution in [-0.4, -0.2) is 22.0 Å². The van der Waals surface area contributed by atoms with Crippen molar-refractivity contribution in [1.29, 1.82) is 0 Å². The molecule has 4 nitrogen and oxygen atoms in total. The highest BCUT2D eigenvalue weighted by Gasteiger charge is 2.35. The van der Waals surface area contributed by atoms with Crippen LogP contribution in [0.1, 0.15) is 23.7 Å². The second-order valence-electron chi connectivity index (χ2n) is 7.64. The highest BCUT2D eigenvalue weighted by molar-refractivity contribution is 9.10. The summed E-state index contributed by atoms with van der Waals surface area (Å²) >= 11 is 16.1. The second-order valence-corrected chi connectivity index (χ2v) is 9.34. The normalized spacial score (nSPS) is 16.4. The van der Waals surface area contributed by atoms with E-state index in [0.29, 0.717) is 29.6 Å². The zero-order chi connectivity index (χ0) is 21.5. The first-order chi connectivity index (χ1) is 15.0. The van der Waals surface area contributed by atoms with Gasteiger partial charge in [0.05, 0.1) is 23.3 Å². The zero-order valence-corrected chi connectivity index (χ0v) is 19.5. The molecule has 1 saturated heterocycles. The fourth-order valence-electron chi connectivity index (χ4n) is 4.18. The van der Waals surface area contributed by atoms with E-state index in [1.165, 1.54) is 0 Å². The van der Waals surface area contributed by atoms with Gasteiger partial charge in [-0.3, -0.25) is 4.79 Å². The molecule has 1 aromatic heterocycles. The molecular formula is C24H18BrCl2N3O. The van der Waals surface area contributed by atoms with Crippen molar-refractivity contribution in [2.24, 2.45) is 0 Å². The topological polar surface area (TPSA) is 38.1 Å². The molecule has 1 unspecified atom stereocenters. The fourth-order valence-corrected chi connectivity index (χ4v) is 5.14. The van der Waals surface area contributed by atoms with Crippen molar-refractivity contribution in [2.45, 2.75) is 18.9 Å². The Morgan fingerprint density at radius 1 is 1.03 bits per heavy atom. The number of carbonyl (C=O) groups is 1. The second kappa shape index (κ2) is 8.30. The molecule has 5 rings (SSSR count). The molecule has 1 atom stereocenters. The van der Waals surface area contributed by atoms with Crippen LogP contribution in [0.2, 0.25) is 10.0 Å². The minimum absolute atomic E-state index is 0.0157. The molecule has 4 aromatic rings. The van der Waals surface area contributed by atoms with Gasteiger partial charge in [-0.15, -0.1) is 0 Å². The first-order valence-corrected chi connectivity index (χ1v) is 11.5. The Morgan fingerprint density at radius 2 is 1.81 bits per heavy atom. The van der Waals surface area contributed by atoms with Crippen molar-refractivity contribution < 1.29 is 4.79 Å². The third-order valence-corrected chi connectivity index (χ3v) is 6.92. The number of fused-ring (bicyclic) bond motifs is 1. The number of para-hydroxylation sites is 3. The quantitative estimate of drug-likeness (QED) is 0.305. The Hall–Kier alpha value is -2.34. The summed E-state index contributed by atoms with van der Waals surface area (Å²) in [4.78, 5) is 19.7. The number of benzene rings is 3. The van der Waals surface area contributed by atoms with Gasteiger partial charge in [-0.25, -0.2) is 4.98 Å². The van der Waals surface area contributed by atoms with E-state index in [1.54, 1.807) is 6.07 Å². The van der Waals surface area contributed by atoms with E-state index in [0.717, 1.165) is 32.6 Å². The third kappa shape index (κ3) is 3.86. The molecule has 0 aliphatic carbocycles. The standard InChI is InChI=1S/C24H18BrCl2N3O/c25-18-5-1-3-7-21(18)29-14-16(11-23(29)31)24-28-20-6-2-4-8-22(20)30(24)13-15-9-10-17(26)12-19(15)27/h1-10,12,16H,11,13-14H2. The van der Waals surface area contributed by atoms with Gasteiger partial charge in [-0.05, 0) is 57.9 Å². The van der Waals surface area contributed by atoms with Crippen LogP contribution in [-0.2, 0) is 11.3 Å². The summed E-state index contributed by atoms with van der Waals surface area (Å²) in [5.41, 5.74) is 3.78. The molecule has 1 fully saturated rings. The Balaban J connectivity index is 1.55. The molecule has 3 aromatic carbocycles. The molecule has 7 heteroatoms. The van der Waals surface area contributed by atoms with E-state index >= 15 is 0 Å². The Morgan fingerprint density at radius 3 is 2.61 bits per heavy atom. The van der Waals surface area contributed by atoms with Gasteiger partial charge >= 0.3 is 0 Å². The average molecular weight is 515 g/mol. The Kier molecular flexibility index (Phi) is 5.51. The first kappa shape index (κ1) is 20.6. The number of carbonyl (C=O) groups excluding carboxylic acids is 1. The molecule has 31 heavy (non-hydrogen) atoms. The number of rotatable bonds is 4. The van der Waals surface area contributed by atoms with Crippen molar-refractivity contribution >= 4 is 61.8 Å². The molecule has 2 heterocycles. The van der Waals surface area contributed by atoms with E-state index in [1.807, 2.05) is 59.5 Å². The van der Waals surface area contributed by atoms with Gasteiger partial charge in [0.1, 0.15) is 5.82 Å². The molecule has 156 valence electrons. The molecule has 0 spiro atoms. The van der Waals surface area contributed by atoms with Crippen LogP contribution in [0.5, 0.6) is 0 Å². The minimum atomic E-state index is -0.0157. The van der Waals surface area contributed by atoms with Crippen molar-refractivity contribution in [3.63, 3.8) is 0 Å². The maximum atomic E-state index is 12.9. The molecule has 0 saturated carbocycles. The smallest absolute Gasteiger partial charge is 0.227 e. The van der Waals surface area contributed by atoms with E-state index in [4.69, 9.17) is 28.2 Å². The summed E-state index contributed by atoms with van der Waals surface area (Å²) in [7, 11) is 0. The van der Waals surface area contributed by atoms with Crippen LogP contribution >= 0.6 is 39.1 Å². The number of imidazole rings is 1. The number of halogens is 3. The number of aromatic nitrogens is 2. The molecule has 1 aliphatic heterocycles. The van der Waals surface area contributed by atoms with Gasteiger partial charge in [0.2, 0.25) is 5.91 Å². The molecule has 0 bridgehead atoms. The Bertz CT molecular complexity index is 1300. The molecule has 1 amide bonds. The summed E-state index contributed by atoms with van der Waals surface area (Å²) in [5, 5.41) is 1.23. The van der Waals surface area contributed by atoms with Gasteiger partial charge in [-0.2, -0.15) is 0 Å². The van der Waals surface area contributed by atoms with Gasteiger partial charge in [-0.1, -0.05) is 53.5 Å². The monoisotopic (exact) mass is 513 g/mol. The number of hydrogen-bond donors (Lipinski definition) is 0. The molecular weight excluding hydrogens is 497 g/mol. The molecule has 1 aliphatic rings. The predicted molar refractivity (Wildman–Crippen MR) is 129 cm³/mol. The van der Waals surface area contributed by atoms with Crippen LogP contribution in [0.4, 0.5) is 5.69 Å². The van der Waals surface area contributed by atoms with Crippen LogP contribution in [0, 0.1) is 0 Å². The van der Waals surface area contributed by atoms with Gasteiger partial charge < -0.3 is 9.47 Å². The van der Waals surface area contributed by atoms with Crippen LogP contribution in [0.25, 0.3) is 11.0 Å². The highest BCUT2D eigenvalue weighted by atomic mass is 79.9. The van der Waals surface area contributed by atoms with E-state index in [-0.39, 0.29) is 11.8 Å². The van der Waals surface area contributed by atoms with E-state index in [2.05, 4.69) is 26.6 Å². The number of nitrogens with zero attached hydrogens (tertiary/aromatic N) is 3. The van der Waals surface area contributed by atoms with E-state index < -0.39 is 0 Å². The SMILES string of the molecule is O=C1CC(c2nc3ccccc3n2Cc2ccc(Cl)cc2Cl)CN1c1ccccc1Br.